The number of carbonyl (C=O) groups is 1. The highest BCUT2D eigenvalue weighted by atomic mass is 16.1. The van der Waals surface area contributed by atoms with E-state index in [1.807, 2.05) is 36.4 Å². The Labute approximate surface area is 86.6 Å². The highest BCUT2D eigenvalue weighted by molar-refractivity contribution is 5.85. The summed E-state index contributed by atoms with van der Waals surface area (Å²) in [5.74, 6) is 0. The Kier molecular flexibility index (Phi) is 2.69. The molecular formula is C11H9N3O. The molecule has 1 aromatic carbocycles. The lowest BCUT2D eigenvalue weighted by molar-refractivity contribution is -0.109. The van der Waals surface area contributed by atoms with E-state index in [4.69, 9.17) is 0 Å². The second-order valence-corrected chi connectivity index (χ2v) is 2.93. The molecule has 0 bridgehead atoms. The molecule has 1 heterocycles. The van der Waals surface area contributed by atoms with E-state index in [0.717, 1.165) is 10.9 Å². The quantitative estimate of drug-likeness (QED) is 0.460. The summed E-state index contributed by atoms with van der Waals surface area (Å²) in [4.78, 5) is 14.3. The summed E-state index contributed by atoms with van der Waals surface area (Å²) in [6.07, 6.45) is 2.01. The largest absolute Gasteiger partial charge is 0.277 e. The Bertz CT molecular complexity index is 508. The number of benzene rings is 1. The van der Waals surface area contributed by atoms with Crippen molar-refractivity contribution in [2.45, 2.75) is 0 Å². The molecule has 4 heteroatoms. The maximum Gasteiger partial charge on any atom is 0.227 e. The molecule has 0 saturated carbocycles. The summed E-state index contributed by atoms with van der Waals surface area (Å²) in [6.45, 7) is 0. The maximum absolute atomic E-state index is 9.96. The van der Waals surface area contributed by atoms with Crippen LogP contribution in [0.1, 0.15) is 5.69 Å². The lowest BCUT2D eigenvalue weighted by atomic mass is 10.2. The third-order valence-corrected chi connectivity index (χ3v) is 1.94. The number of carbonyl (C=O) groups excluding carboxylic acids is 1. The second-order valence-electron chi connectivity index (χ2n) is 2.93. The predicted molar refractivity (Wildman–Crippen MR) is 58.5 cm³/mol. The van der Waals surface area contributed by atoms with Gasteiger partial charge in [-0.25, -0.2) is 10.4 Å². The Morgan fingerprint density at radius 3 is 2.93 bits per heavy atom. The summed E-state index contributed by atoms with van der Waals surface area (Å²) in [6, 6.07) is 11.6. The van der Waals surface area contributed by atoms with Crippen molar-refractivity contribution in [1.29, 1.82) is 0 Å². The van der Waals surface area contributed by atoms with Gasteiger partial charge < -0.3 is 0 Å². The van der Waals surface area contributed by atoms with E-state index >= 15 is 0 Å². The fraction of sp³-hybridized carbons (Fsp3) is 0. The number of nitrogens with one attached hydrogen (secondary N) is 1. The monoisotopic (exact) mass is 199 g/mol. The minimum atomic E-state index is 0.511. The van der Waals surface area contributed by atoms with E-state index in [2.05, 4.69) is 15.5 Å². The fourth-order valence-corrected chi connectivity index (χ4v) is 1.29. The molecule has 0 radical (unpaired) electrons. The Morgan fingerprint density at radius 1 is 1.20 bits per heavy atom. The third-order valence-electron chi connectivity index (χ3n) is 1.94. The molecular weight excluding hydrogens is 190 g/mol. The van der Waals surface area contributed by atoms with Crippen LogP contribution in [-0.2, 0) is 4.79 Å². The van der Waals surface area contributed by atoms with Crippen LogP contribution in [0.4, 0.5) is 0 Å². The average molecular weight is 199 g/mol. The van der Waals surface area contributed by atoms with E-state index in [1.54, 1.807) is 0 Å². The lowest BCUT2D eigenvalue weighted by Crippen LogP contribution is -2.01. The summed E-state index contributed by atoms with van der Waals surface area (Å²) >= 11 is 0. The van der Waals surface area contributed by atoms with Crippen molar-refractivity contribution in [3.05, 3.63) is 42.1 Å². The second kappa shape index (κ2) is 4.32. The molecule has 0 aliphatic heterocycles. The van der Waals surface area contributed by atoms with Crippen LogP contribution in [0.15, 0.2) is 41.5 Å². The van der Waals surface area contributed by atoms with Crippen molar-refractivity contribution in [2.75, 3.05) is 0 Å². The summed E-state index contributed by atoms with van der Waals surface area (Å²) < 4.78 is 0. The van der Waals surface area contributed by atoms with Gasteiger partial charge in [0.05, 0.1) is 17.4 Å². The van der Waals surface area contributed by atoms with Crippen molar-refractivity contribution in [1.82, 2.24) is 10.4 Å². The Morgan fingerprint density at radius 2 is 2.07 bits per heavy atom. The van der Waals surface area contributed by atoms with Gasteiger partial charge in [0.25, 0.3) is 0 Å². The highest BCUT2D eigenvalue weighted by Gasteiger charge is 1.94. The number of nitrogens with zero attached hydrogens (tertiary/aromatic N) is 2. The summed E-state index contributed by atoms with van der Waals surface area (Å²) in [5, 5.41) is 4.74. The molecule has 4 nitrogen and oxygen atoms in total. The van der Waals surface area contributed by atoms with Crippen molar-refractivity contribution < 1.29 is 4.79 Å². The first-order valence-electron chi connectivity index (χ1n) is 4.48. The number of rotatable bonds is 3. The molecule has 0 fully saturated rings. The third kappa shape index (κ3) is 2.17. The number of hydrazone groups is 1. The molecule has 0 aliphatic rings. The zero-order chi connectivity index (χ0) is 10.5. The number of hydrogen-bond donors (Lipinski definition) is 1. The van der Waals surface area contributed by atoms with Crippen LogP contribution in [0, 0.1) is 0 Å². The van der Waals surface area contributed by atoms with Gasteiger partial charge in [-0.3, -0.25) is 4.79 Å². The Balaban J connectivity index is 2.34. The summed E-state index contributed by atoms with van der Waals surface area (Å²) in [5.41, 5.74) is 3.81. The molecule has 0 aliphatic carbocycles. The molecule has 0 spiro atoms. The van der Waals surface area contributed by atoms with Gasteiger partial charge in [-0.1, -0.05) is 24.3 Å². The van der Waals surface area contributed by atoms with E-state index < -0.39 is 0 Å². The van der Waals surface area contributed by atoms with Gasteiger partial charge in [0, 0.05) is 5.39 Å². The van der Waals surface area contributed by atoms with Crippen LogP contribution < -0.4 is 5.43 Å². The summed E-state index contributed by atoms with van der Waals surface area (Å²) in [7, 11) is 0. The minimum Gasteiger partial charge on any atom is -0.277 e. The lowest BCUT2D eigenvalue weighted by Gasteiger charge is -1.97. The average Bonchev–Trinajstić information content (AvgIpc) is 2.29. The maximum atomic E-state index is 9.96. The van der Waals surface area contributed by atoms with E-state index in [9.17, 15) is 4.79 Å². The number of hydrogen-bond acceptors (Lipinski definition) is 3. The van der Waals surface area contributed by atoms with Crippen LogP contribution in [-0.4, -0.2) is 17.6 Å². The molecule has 2 rings (SSSR count). The number of aromatic nitrogens is 1. The van der Waals surface area contributed by atoms with Gasteiger partial charge in [-0.2, -0.15) is 5.10 Å². The first-order chi connectivity index (χ1) is 7.40. The first-order valence-corrected chi connectivity index (χ1v) is 4.48. The predicted octanol–water partition coefficient (Wildman–Crippen LogP) is 1.31. The van der Waals surface area contributed by atoms with E-state index in [-0.39, 0.29) is 0 Å². The fourth-order valence-electron chi connectivity index (χ4n) is 1.29. The van der Waals surface area contributed by atoms with E-state index in [1.165, 1.54) is 6.21 Å². The smallest absolute Gasteiger partial charge is 0.227 e. The molecule has 15 heavy (non-hydrogen) atoms. The van der Waals surface area contributed by atoms with Crippen LogP contribution in [0.2, 0.25) is 0 Å². The van der Waals surface area contributed by atoms with Crippen LogP contribution in [0.5, 0.6) is 0 Å². The molecule has 2 aromatic rings. The van der Waals surface area contributed by atoms with Crippen LogP contribution in [0.25, 0.3) is 10.9 Å². The van der Waals surface area contributed by atoms with Gasteiger partial charge in [-0.05, 0) is 12.1 Å². The minimum absolute atomic E-state index is 0.511. The number of fused-ring (bicyclic) bond motifs is 1. The first kappa shape index (κ1) is 9.33. The van der Waals surface area contributed by atoms with Gasteiger partial charge >= 0.3 is 0 Å². The van der Waals surface area contributed by atoms with Gasteiger partial charge in [0.2, 0.25) is 6.41 Å². The van der Waals surface area contributed by atoms with Gasteiger partial charge in [0.1, 0.15) is 0 Å². The van der Waals surface area contributed by atoms with Crippen molar-refractivity contribution in [2.24, 2.45) is 5.10 Å². The standard InChI is InChI=1S/C11H9N3O/c15-8-13-12-7-10-6-5-9-3-1-2-4-11(9)14-10/h1-8H,(H,13,15). The topological polar surface area (TPSA) is 54.4 Å². The molecule has 74 valence electrons. The zero-order valence-electron chi connectivity index (χ0n) is 7.92. The Hall–Kier alpha value is -2.23. The number of pyridine rings is 1. The SMILES string of the molecule is O=CNN=Cc1ccc2ccccc2n1. The van der Waals surface area contributed by atoms with Crippen molar-refractivity contribution >= 4 is 23.5 Å². The van der Waals surface area contributed by atoms with Gasteiger partial charge in [-0.15, -0.1) is 0 Å². The van der Waals surface area contributed by atoms with Gasteiger partial charge in [0.15, 0.2) is 0 Å². The van der Waals surface area contributed by atoms with Crippen LogP contribution >= 0.6 is 0 Å². The highest BCUT2D eigenvalue weighted by Crippen LogP contribution is 2.10. The van der Waals surface area contributed by atoms with E-state index in [0.29, 0.717) is 12.1 Å². The van der Waals surface area contributed by atoms with Crippen molar-refractivity contribution in [3.63, 3.8) is 0 Å². The number of amides is 1. The molecule has 0 saturated heterocycles. The molecule has 1 N–H and O–H groups in total. The molecule has 1 amide bonds. The normalized spacial score (nSPS) is 10.7. The van der Waals surface area contributed by atoms with Crippen molar-refractivity contribution in [3.8, 4) is 0 Å². The number of para-hydroxylation sites is 1. The van der Waals surface area contributed by atoms with Crippen LogP contribution in [0.3, 0.4) is 0 Å². The molecule has 0 unspecified atom stereocenters. The molecule has 1 aromatic heterocycles. The molecule has 0 atom stereocenters. The zero-order valence-corrected chi connectivity index (χ0v) is 7.92.